The summed E-state index contributed by atoms with van der Waals surface area (Å²) in [6.07, 6.45) is 1.52. The smallest absolute Gasteiger partial charge is 0.276 e. The molecule has 1 aromatic carbocycles. The van der Waals surface area contributed by atoms with Gasteiger partial charge in [-0.25, -0.2) is 4.98 Å². The minimum absolute atomic E-state index is 0.198. The van der Waals surface area contributed by atoms with Crippen molar-refractivity contribution in [2.24, 2.45) is 0 Å². The Labute approximate surface area is 117 Å². The Morgan fingerprint density at radius 3 is 2.83 bits per heavy atom. The number of carbonyl (C=O) groups excluding carboxylic acids is 1. The van der Waals surface area contributed by atoms with E-state index in [0.717, 1.165) is 0 Å². The summed E-state index contributed by atoms with van der Waals surface area (Å²) in [4.78, 5) is 15.9. The van der Waals surface area contributed by atoms with Crippen LogP contribution in [-0.4, -0.2) is 10.9 Å². The van der Waals surface area contributed by atoms with E-state index in [1.807, 2.05) is 0 Å². The van der Waals surface area contributed by atoms with E-state index in [2.05, 4.69) is 26.2 Å². The highest BCUT2D eigenvalue weighted by molar-refractivity contribution is 9.10. The second kappa shape index (κ2) is 5.37. The van der Waals surface area contributed by atoms with Crippen molar-refractivity contribution >= 4 is 44.8 Å². The molecule has 1 aromatic heterocycles. The van der Waals surface area contributed by atoms with Crippen LogP contribution < -0.4 is 11.1 Å². The fourth-order valence-electron chi connectivity index (χ4n) is 1.37. The second-order valence-corrected chi connectivity index (χ2v) is 4.79. The quantitative estimate of drug-likeness (QED) is 0.889. The first-order valence-corrected chi connectivity index (χ1v) is 6.22. The number of halogens is 2. The zero-order valence-corrected chi connectivity index (χ0v) is 11.5. The Morgan fingerprint density at radius 2 is 2.17 bits per heavy atom. The topological polar surface area (TPSA) is 68.0 Å². The number of pyridine rings is 1. The van der Waals surface area contributed by atoms with Crippen molar-refractivity contribution in [2.45, 2.75) is 0 Å². The number of nitrogen functional groups attached to an aromatic ring is 1. The number of amides is 1. The van der Waals surface area contributed by atoms with Gasteiger partial charge in [0.15, 0.2) is 5.69 Å². The fraction of sp³-hybridized carbons (Fsp3) is 0. The maximum absolute atomic E-state index is 11.9. The number of nitrogens with one attached hydrogen (secondary N) is 1. The molecule has 18 heavy (non-hydrogen) atoms. The summed E-state index contributed by atoms with van der Waals surface area (Å²) in [7, 11) is 0. The molecular formula is C12H9BrClN3O. The molecular weight excluding hydrogens is 318 g/mol. The molecule has 0 saturated heterocycles. The Bertz CT molecular complexity index is 604. The monoisotopic (exact) mass is 325 g/mol. The lowest BCUT2D eigenvalue weighted by Gasteiger charge is -2.07. The predicted molar refractivity (Wildman–Crippen MR) is 75.8 cm³/mol. The number of nitrogens with two attached hydrogens (primary N) is 1. The molecule has 2 aromatic rings. The van der Waals surface area contributed by atoms with Crippen LogP contribution in [0.25, 0.3) is 0 Å². The summed E-state index contributed by atoms with van der Waals surface area (Å²) in [6.45, 7) is 0. The van der Waals surface area contributed by atoms with E-state index in [1.165, 1.54) is 6.20 Å². The van der Waals surface area contributed by atoms with Crippen LogP contribution in [0.5, 0.6) is 0 Å². The van der Waals surface area contributed by atoms with Crippen LogP contribution in [0.4, 0.5) is 11.4 Å². The van der Waals surface area contributed by atoms with Crippen molar-refractivity contribution in [3.05, 3.63) is 51.7 Å². The number of hydrogen-bond donors (Lipinski definition) is 2. The van der Waals surface area contributed by atoms with Gasteiger partial charge in [0.1, 0.15) is 0 Å². The molecule has 0 aliphatic heterocycles. The molecule has 0 bridgehead atoms. The number of nitrogens with zero attached hydrogens (tertiary/aromatic N) is 1. The van der Waals surface area contributed by atoms with Crippen LogP contribution in [0.15, 0.2) is 41.0 Å². The first-order chi connectivity index (χ1) is 8.58. The van der Waals surface area contributed by atoms with E-state index < -0.39 is 0 Å². The minimum Gasteiger partial charge on any atom is -0.397 e. The highest BCUT2D eigenvalue weighted by Crippen LogP contribution is 2.25. The number of carbonyl (C=O) groups is 1. The Balaban J connectivity index is 2.22. The number of aromatic nitrogens is 1. The van der Waals surface area contributed by atoms with Gasteiger partial charge in [0, 0.05) is 16.4 Å². The molecule has 0 radical (unpaired) electrons. The molecule has 0 saturated carbocycles. The van der Waals surface area contributed by atoms with Crippen molar-refractivity contribution in [1.29, 1.82) is 0 Å². The average Bonchev–Trinajstić information content (AvgIpc) is 2.34. The molecule has 6 heteroatoms. The molecule has 0 fully saturated rings. The van der Waals surface area contributed by atoms with Crippen molar-refractivity contribution < 1.29 is 4.79 Å². The number of anilines is 2. The molecule has 4 nitrogen and oxygen atoms in total. The highest BCUT2D eigenvalue weighted by atomic mass is 79.9. The summed E-state index contributed by atoms with van der Waals surface area (Å²) >= 11 is 9.15. The van der Waals surface area contributed by atoms with Crippen LogP contribution in [0.3, 0.4) is 0 Å². The normalized spacial score (nSPS) is 10.1. The van der Waals surface area contributed by atoms with E-state index in [0.29, 0.717) is 20.9 Å². The van der Waals surface area contributed by atoms with E-state index in [-0.39, 0.29) is 11.6 Å². The molecule has 3 N–H and O–H groups in total. The van der Waals surface area contributed by atoms with E-state index in [4.69, 9.17) is 17.3 Å². The lowest BCUT2D eigenvalue weighted by Crippen LogP contribution is -2.15. The second-order valence-electron chi connectivity index (χ2n) is 3.52. The van der Waals surface area contributed by atoms with Gasteiger partial charge in [-0.3, -0.25) is 4.79 Å². The van der Waals surface area contributed by atoms with Gasteiger partial charge in [-0.1, -0.05) is 11.6 Å². The van der Waals surface area contributed by atoms with Gasteiger partial charge in [0.05, 0.1) is 10.7 Å². The first kappa shape index (κ1) is 12.9. The molecule has 2 rings (SSSR count). The van der Waals surface area contributed by atoms with Gasteiger partial charge in [0.2, 0.25) is 0 Å². The van der Waals surface area contributed by atoms with E-state index >= 15 is 0 Å². The Kier molecular flexibility index (Phi) is 3.84. The summed E-state index contributed by atoms with van der Waals surface area (Å²) in [5.74, 6) is -0.359. The summed E-state index contributed by atoms with van der Waals surface area (Å²) in [6, 6.07) is 8.39. The zero-order chi connectivity index (χ0) is 13.1. The third-order valence-electron chi connectivity index (χ3n) is 2.23. The summed E-state index contributed by atoms with van der Waals surface area (Å²) in [5.41, 5.74) is 6.82. The van der Waals surface area contributed by atoms with Crippen LogP contribution in [0.2, 0.25) is 5.02 Å². The van der Waals surface area contributed by atoms with Gasteiger partial charge in [-0.2, -0.15) is 0 Å². The third kappa shape index (κ3) is 2.80. The van der Waals surface area contributed by atoms with Gasteiger partial charge >= 0.3 is 0 Å². The highest BCUT2D eigenvalue weighted by Gasteiger charge is 2.11. The van der Waals surface area contributed by atoms with Crippen LogP contribution >= 0.6 is 27.5 Å². The molecule has 1 amide bonds. The molecule has 0 unspecified atom stereocenters. The maximum atomic E-state index is 11.9. The molecule has 0 aliphatic rings. The number of benzene rings is 1. The predicted octanol–water partition coefficient (Wildman–Crippen LogP) is 3.33. The molecule has 0 spiro atoms. The molecule has 92 valence electrons. The maximum Gasteiger partial charge on any atom is 0.276 e. The lowest BCUT2D eigenvalue weighted by atomic mass is 10.2. The average molecular weight is 327 g/mol. The fourth-order valence-corrected chi connectivity index (χ4v) is 1.87. The SMILES string of the molecule is Nc1cccnc1C(=O)Nc1ccc(Cl)c(Br)c1. The van der Waals surface area contributed by atoms with Crippen molar-refractivity contribution in [2.75, 3.05) is 11.1 Å². The summed E-state index contributed by atoms with van der Waals surface area (Å²) in [5, 5.41) is 3.27. The van der Waals surface area contributed by atoms with Crippen LogP contribution in [0, 0.1) is 0 Å². The number of rotatable bonds is 2. The molecule has 1 heterocycles. The first-order valence-electron chi connectivity index (χ1n) is 5.05. The van der Waals surface area contributed by atoms with E-state index in [1.54, 1.807) is 30.3 Å². The number of hydrogen-bond acceptors (Lipinski definition) is 3. The molecule has 0 aliphatic carbocycles. The standard InChI is InChI=1S/C12H9BrClN3O/c13-8-6-7(3-4-9(8)14)17-12(18)11-10(15)2-1-5-16-11/h1-6H,15H2,(H,17,18). The van der Waals surface area contributed by atoms with Crippen LogP contribution in [0.1, 0.15) is 10.5 Å². The zero-order valence-electron chi connectivity index (χ0n) is 9.15. The van der Waals surface area contributed by atoms with Gasteiger partial charge in [-0.15, -0.1) is 0 Å². The Morgan fingerprint density at radius 1 is 1.39 bits per heavy atom. The van der Waals surface area contributed by atoms with Crippen molar-refractivity contribution in [3.8, 4) is 0 Å². The van der Waals surface area contributed by atoms with Gasteiger partial charge in [-0.05, 0) is 46.3 Å². The van der Waals surface area contributed by atoms with Crippen molar-refractivity contribution in [1.82, 2.24) is 4.98 Å². The summed E-state index contributed by atoms with van der Waals surface area (Å²) < 4.78 is 0.705. The lowest BCUT2D eigenvalue weighted by molar-refractivity contribution is 0.102. The molecule has 0 atom stereocenters. The minimum atomic E-state index is -0.359. The third-order valence-corrected chi connectivity index (χ3v) is 3.45. The van der Waals surface area contributed by atoms with Gasteiger partial charge < -0.3 is 11.1 Å². The van der Waals surface area contributed by atoms with E-state index in [9.17, 15) is 4.79 Å². The van der Waals surface area contributed by atoms with Crippen LogP contribution in [-0.2, 0) is 0 Å². The van der Waals surface area contributed by atoms with Crippen molar-refractivity contribution in [3.63, 3.8) is 0 Å². The largest absolute Gasteiger partial charge is 0.397 e. The van der Waals surface area contributed by atoms with Gasteiger partial charge in [0.25, 0.3) is 5.91 Å². The Hall–Kier alpha value is -1.59.